The molecule has 1 heterocycles. The van der Waals surface area contributed by atoms with E-state index in [0.29, 0.717) is 18.5 Å². The van der Waals surface area contributed by atoms with Crippen LogP contribution >= 0.6 is 11.8 Å². The molecular weight excluding hydrogens is 200 g/mol. The summed E-state index contributed by atoms with van der Waals surface area (Å²) < 4.78 is 7.01. The average Bonchev–Trinajstić information content (AvgIpc) is 2.57. The third-order valence-electron chi connectivity index (χ3n) is 1.74. The standard InChI is InChI=1S/C8H16N4OS/c1-6(2)12-7(4-9)10-11-8(12)14-5-13-3/h6H,4-5,9H2,1-3H3. The Morgan fingerprint density at radius 3 is 2.71 bits per heavy atom. The van der Waals surface area contributed by atoms with Crippen molar-refractivity contribution in [3.63, 3.8) is 0 Å². The van der Waals surface area contributed by atoms with Gasteiger partial charge < -0.3 is 15.0 Å². The van der Waals surface area contributed by atoms with Crippen LogP contribution < -0.4 is 5.73 Å². The molecule has 0 amide bonds. The van der Waals surface area contributed by atoms with Gasteiger partial charge in [-0.15, -0.1) is 10.2 Å². The summed E-state index contributed by atoms with van der Waals surface area (Å²) in [4.78, 5) is 0. The quantitative estimate of drug-likeness (QED) is 0.588. The van der Waals surface area contributed by atoms with E-state index in [1.54, 1.807) is 7.11 Å². The smallest absolute Gasteiger partial charge is 0.193 e. The number of ether oxygens (including phenoxy) is 1. The molecule has 6 heteroatoms. The minimum Gasteiger partial charge on any atom is -0.374 e. The number of aromatic nitrogens is 3. The number of methoxy groups -OCH3 is 1. The van der Waals surface area contributed by atoms with Crippen LogP contribution in [0.25, 0.3) is 0 Å². The molecule has 1 rings (SSSR count). The van der Waals surface area contributed by atoms with Crippen LogP contribution in [-0.4, -0.2) is 27.8 Å². The molecule has 0 bridgehead atoms. The van der Waals surface area contributed by atoms with Gasteiger partial charge in [0, 0.05) is 13.2 Å². The molecule has 0 spiro atoms. The molecular formula is C8H16N4OS. The Bertz CT molecular complexity index is 287. The molecule has 14 heavy (non-hydrogen) atoms. The Labute approximate surface area is 88.0 Å². The van der Waals surface area contributed by atoms with Crippen molar-refractivity contribution in [1.82, 2.24) is 14.8 Å². The number of hydrogen-bond acceptors (Lipinski definition) is 5. The predicted octanol–water partition coefficient (Wildman–Crippen LogP) is 1.01. The topological polar surface area (TPSA) is 66.0 Å². The molecule has 0 fully saturated rings. The molecule has 0 radical (unpaired) electrons. The van der Waals surface area contributed by atoms with E-state index in [-0.39, 0.29) is 0 Å². The Morgan fingerprint density at radius 2 is 2.21 bits per heavy atom. The summed E-state index contributed by atoms with van der Waals surface area (Å²) in [6.45, 7) is 4.58. The molecule has 0 atom stereocenters. The van der Waals surface area contributed by atoms with E-state index in [0.717, 1.165) is 11.0 Å². The molecule has 1 aromatic heterocycles. The molecule has 0 unspecified atom stereocenters. The fraction of sp³-hybridized carbons (Fsp3) is 0.750. The van der Waals surface area contributed by atoms with Gasteiger partial charge >= 0.3 is 0 Å². The Morgan fingerprint density at radius 1 is 1.50 bits per heavy atom. The van der Waals surface area contributed by atoms with Crippen molar-refractivity contribution in [2.75, 3.05) is 13.0 Å². The summed E-state index contributed by atoms with van der Waals surface area (Å²) >= 11 is 1.52. The highest BCUT2D eigenvalue weighted by Gasteiger charge is 2.13. The second-order valence-corrected chi connectivity index (χ2v) is 4.01. The fourth-order valence-electron chi connectivity index (χ4n) is 1.18. The van der Waals surface area contributed by atoms with E-state index in [1.807, 2.05) is 4.57 Å². The van der Waals surface area contributed by atoms with Gasteiger partial charge in [0.1, 0.15) is 5.82 Å². The first kappa shape index (κ1) is 11.5. The van der Waals surface area contributed by atoms with Crippen molar-refractivity contribution >= 4 is 11.8 Å². The van der Waals surface area contributed by atoms with E-state index < -0.39 is 0 Å². The molecule has 0 aliphatic rings. The third kappa shape index (κ3) is 2.46. The zero-order valence-corrected chi connectivity index (χ0v) is 9.54. The normalized spacial score (nSPS) is 11.2. The lowest BCUT2D eigenvalue weighted by molar-refractivity contribution is 0.258. The summed E-state index contributed by atoms with van der Waals surface area (Å²) in [5, 5.41) is 8.95. The molecule has 0 saturated carbocycles. The van der Waals surface area contributed by atoms with Gasteiger partial charge in [-0.2, -0.15) is 0 Å². The van der Waals surface area contributed by atoms with Gasteiger partial charge in [0.15, 0.2) is 5.16 Å². The maximum Gasteiger partial charge on any atom is 0.193 e. The van der Waals surface area contributed by atoms with Crippen LogP contribution in [0.2, 0.25) is 0 Å². The van der Waals surface area contributed by atoms with E-state index in [2.05, 4.69) is 24.0 Å². The first-order chi connectivity index (χ1) is 6.70. The highest BCUT2D eigenvalue weighted by Crippen LogP contribution is 2.20. The minimum atomic E-state index is 0.322. The lowest BCUT2D eigenvalue weighted by Crippen LogP contribution is -2.11. The van der Waals surface area contributed by atoms with Crippen molar-refractivity contribution < 1.29 is 4.74 Å². The second-order valence-electron chi connectivity index (χ2n) is 3.12. The lowest BCUT2D eigenvalue weighted by Gasteiger charge is -2.12. The summed E-state index contributed by atoms with van der Waals surface area (Å²) in [5.74, 6) is 1.40. The Hall–Kier alpha value is -0.590. The molecule has 2 N–H and O–H groups in total. The average molecular weight is 216 g/mol. The predicted molar refractivity (Wildman–Crippen MR) is 56.0 cm³/mol. The third-order valence-corrected chi connectivity index (χ3v) is 2.63. The van der Waals surface area contributed by atoms with Crippen LogP contribution in [0.3, 0.4) is 0 Å². The van der Waals surface area contributed by atoms with Crippen LogP contribution in [0.4, 0.5) is 0 Å². The van der Waals surface area contributed by atoms with Crippen LogP contribution in [0.5, 0.6) is 0 Å². The number of thioether (sulfide) groups is 1. The number of nitrogens with two attached hydrogens (primary N) is 1. The molecule has 1 aromatic rings. The van der Waals surface area contributed by atoms with Gasteiger partial charge in [-0.3, -0.25) is 0 Å². The summed E-state index contributed by atoms with van der Waals surface area (Å²) in [5.41, 5.74) is 5.57. The highest BCUT2D eigenvalue weighted by molar-refractivity contribution is 7.99. The molecule has 0 aromatic carbocycles. The van der Waals surface area contributed by atoms with Gasteiger partial charge in [-0.05, 0) is 13.8 Å². The van der Waals surface area contributed by atoms with E-state index in [9.17, 15) is 0 Å². The summed E-state index contributed by atoms with van der Waals surface area (Å²) in [6.07, 6.45) is 0. The van der Waals surface area contributed by atoms with Crippen LogP contribution in [0.15, 0.2) is 5.16 Å². The number of nitrogens with zero attached hydrogens (tertiary/aromatic N) is 3. The maximum absolute atomic E-state index is 5.57. The van der Waals surface area contributed by atoms with Gasteiger partial charge in [0.05, 0.1) is 12.5 Å². The summed E-state index contributed by atoms with van der Waals surface area (Å²) in [7, 11) is 1.66. The van der Waals surface area contributed by atoms with Gasteiger partial charge in [-0.1, -0.05) is 11.8 Å². The minimum absolute atomic E-state index is 0.322. The van der Waals surface area contributed by atoms with Gasteiger partial charge in [0.2, 0.25) is 0 Å². The monoisotopic (exact) mass is 216 g/mol. The first-order valence-corrected chi connectivity index (χ1v) is 5.44. The zero-order chi connectivity index (χ0) is 10.6. The zero-order valence-electron chi connectivity index (χ0n) is 8.73. The van der Waals surface area contributed by atoms with Gasteiger partial charge in [0.25, 0.3) is 0 Å². The Balaban J connectivity index is 2.87. The van der Waals surface area contributed by atoms with Crippen molar-refractivity contribution in [2.24, 2.45) is 5.73 Å². The lowest BCUT2D eigenvalue weighted by atomic mass is 10.4. The molecule has 0 aliphatic carbocycles. The second kappa shape index (κ2) is 5.33. The van der Waals surface area contributed by atoms with Crippen molar-refractivity contribution in [2.45, 2.75) is 31.6 Å². The molecule has 0 saturated heterocycles. The van der Waals surface area contributed by atoms with Crippen LogP contribution in [0.1, 0.15) is 25.7 Å². The maximum atomic E-state index is 5.57. The van der Waals surface area contributed by atoms with Crippen molar-refractivity contribution in [3.05, 3.63) is 5.82 Å². The van der Waals surface area contributed by atoms with Gasteiger partial charge in [-0.25, -0.2) is 0 Å². The van der Waals surface area contributed by atoms with Crippen molar-refractivity contribution in [3.8, 4) is 0 Å². The van der Waals surface area contributed by atoms with Crippen LogP contribution in [-0.2, 0) is 11.3 Å². The van der Waals surface area contributed by atoms with E-state index in [4.69, 9.17) is 10.5 Å². The fourth-order valence-corrected chi connectivity index (χ4v) is 1.95. The number of hydrogen-bond donors (Lipinski definition) is 1. The summed E-state index contributed by atoms with van der Waals surface area (Å²) in [6, 6.07) is 0.322. The molecule has 80 valence electrons. The first-order valence-electron chi connectivity index (χ1n) is 4.46. The largest absolute Gasteiger partial charge is 0.374 e. The number of rotatable bonds is 5. The molecule has 0 aliphatic heterocycles. The molecule has 5 nitrogen and oxygen atoms in total. The Kier molecular flexibility index (Phi) is 4.37. The van der Waals surface area contributed by atoms with E-state index in [1.165, 1.54) is 11.8 Å². The van der Waals surface area contributed by atoms with E-state index >= 15 is 0 Å². The SMILES string of the molecule is COCSc1nnc(CN)n1C(C)C. The highest BCUT2D eigenvalue weighted by atomic mass is 32.2. The van der Waals surface area contributed by atoms with Crippen molar-refractivity contribution in [1.29, 1.82) is 0 Å². The van der Waals surface area contributed by atoms with Crippen LogP contribution in [0, 0.1) is 0 Å².